The molecule has 1 heterocycles. The maximum atomic E-state index is 11.8. The number of rotatable bonds is 4. The molecule has 0 saturated heterocycles. The van der Waals surface area contributed by atoms with Gasteiger partial charge in [-0.25, -0.2) is 4.79 Å². The van der Waals surface area contributed by atoms with Crippen molar-refractivity contribution in [3.63, 3.8) is 0 Å². The largest absolute Gasteiger partial charge is 0.388 e. The number of hydrogen-bond donors (Lipinski definition) is 3. The number of aliphatic hydroxyl groups is 1. The number of nitrogens with one attached hydrogen (secondary N) is 2. The van der Waals surface area contributed by atoms with Crippen LogP contribution in [0.3, 0.4) is 0 Å². The van der Waals surface area contributed by atoms with Crippen LogP contribution in [0.1, 0.15) is 19.3 Å². The Morgan fingerprint density at radius 1 is 1.29 bits per heavy atom. The number of amides is 2. The molecular formula is C14H16N4O2S. The minimum absolute atomic E-state index is 0.267. The molecule has 1 saturated carbocycles. The van der Waals surface area contributed by atoms with Gasteiger partial charge >= 0.3 is 6.03 Å². The Labute approximate surface area is 126 Å². The molecule has 2 aromatic rings. The maximum Gasteiger partial charge on any atom is 0.321 e. The van der Waals surface area contributed by atoms with E-state index in [0.29, 0.717) is 5.13 Å². The first-order valence-corrected chi connectivity index (χ1v) is 7.62. The van der Waals surface area contributed by atoms with Crippen molar-refractivity contribution in [2.24, 2.45) is 0 Å². The molecule has 3 N–H and O–H groups in total. The normalized spacial score (nSPS) is 16.0. The van der Waals surface area contributed by atoms with Crippen molar-refractivity contribution in [2.75, 3.05) is 11.9 Å². The summed E-state index contributed by atoms with van der Waals surface area (Å²) < 4.78 is 0. The van der Waals surface area contributed by atoms with Crippen molar-refractivity contribution in [1.29, 1.82) is 0 Å². The van der Waals surface area contributed by atoms with E-state index in [4.69, 9.17) is 0 Å². The number of aromatic nitrogens is 2. The Balaban J connectivity index is 1.56. The summed E-state index contributed by atoms with van der Waals surface area (Å²) in [6, 6.07) is 9.30. The van der Waals surface area contributed by atoms with Gasteiger partial charge in [-0.2, -0.15) is 0 Å². The highest BCUT2D eigenvalue weighted by Gasteiger charge is 2.34. The van der Waals surface area contributed by atoms with E-state index in [1.54, 1.807) is 0 Å². The van der Waals surface area contributed by atoms with Crippen molar-refractivity contribution in [1.82, 2.24) is 15.5 Å². The molecule has 0 aliphatic heterocycles. The van der Waals surface area contributed by atoms with Gasteiger partial charge in [0, 0.05) is 12.1 Å². The van der Waals surface area contributed by atoms with Gasteiger partial charge < -0.3 is 10.4 Å². The van der Waals surface area contributed by atoms with Crippen molar-refractivity contribution < 1.29 is 9.90 Å². The van der Waals surface area contributed by atoms with Crippen LogP contribution in [0.4, 0.5) is 9.93 Å². The molecule has 1 aromatic heterocycles. The number of carbonyl (C=O) groups excluding carboxylic acids is 1. The number of carbonyl (C=O) groups is 1. The Hall–Kier alpha value is -1.99. The zero-order valence-electron chi connectivity index (χ0n) is 11.4. The van der Waals surface area contributed by atoms with E-state index >= 15 is 0 Å². The van der Waals surface area contributed by atoms with Gasteiger partial charge in [-0.05, 0) is 19.3 Å². The molecule has 0 spiro atoms. The van der Waals surface area contributed by atoms with Crippen LogP contribution < -0.4 is 10.6 Å². The lowest BCUT2D eigenvalue weighted by molar-refractivity contribution is -0.0287. The second kappa shape index (κ2) is 5.79. The van der Waals surface area contributed by atoms with E-state index in [9.17, 15) is 9.90 Å². The van der Waals surface area contributed by atoms with E-state index < -0.39 is 5.60 Å². The highest BCUT2D eigenvalue weighted by Crippen LogP contribution is 2.30. The molecule has 1 aromatic carbocycles. The van der Waals surface area contributed by atoms with Gasteiger partial charge in [0.25, 0.3) is 0 Å². The first-order valence-electron chi connectivity index (χ1n) is 6.81. The zero-order chi connectivity index (χ0) is 14.7. The molecule has 1 aliphatic carbocycles. The van der Waals surface area contributed by atoms with E-state index in [0.717, 1.165) is 29.8 Å². The van der Waals surface area contributed by atoms with Crippen LogP contribution in [0, 0.1) is 0 Å². The van der Waals surface area contributed by atoms with Crippen molar-refractivity contribution in [2.45, 2.75) is 24.9 Å². The zero-order valence-corrected chi connectivity index (χ0v) is 12.2. The third-order valence-corrected chi connectivity index (χ3v) is 4.42. The second-order valence-electron chi connectivity index (χ2n) is 5.16. The predicted octanol–water partition coefficient (Wildman–Crippen LogP) is 2.24. The quantitative estimate of drug-likeness (QED) is 0.808. The first kappa shape index (κ1) is 14.0. The van der Waals surface area contributed by atoms with Crippen LogP contribution in [0.2, 0.25) is 0 Å². The van der Waals surface area contributed by atoms with Gasteiger partial charge in [0.15, 0.2) is 0 Å². The molecule has 110 valence electrons. The monoisotopic (exact) mass is 304 g/mol. The Kier molecular flexibility index (Phi) is 3.85. The van der Waals surface area contributed by atoms with Crippen LogP contribution in [-0.2, 0) is 0 Å². The summed E-state index contributed by atoms with van der Waals surface area (Å²) in [4.78, 5) is 11.8. The van der Waals surface area contributed by atoms with Crippen LogP contribution in [0.5, 0.6) is 0 Å². The third kappa shape index (κ3) is 3.37. The van der Waals surface area contributed by atoms with Gasteiger partial charge in [-0.3, -0.25) is 5.32 Å². The van der Waals surface area contributed by atoms with E-state index in [1.807, 2.05) is 30.3 Å². The molecule has 1 aliphatic rings. The first-order chi connectivity index (χ1) is 10.1. The number of benzene rings is 1. The lowest BCUT2D eigenvalue weighted by Crippen LogP contribution is -2.48. The molecule has 21 heavy (non-hydrogen) atoms. The topological polar surface area (TPSA) is 87.1 Å². The van der Waals surface area contributed by atoms with Crippen molar-refractivity contribution >= 4 is 22.5 Å². The highest BCUT2D eigenvalue weighted by molar-refractivity contribution is 7.18. The van der Waals surface area contributed by atoms with Crippen LogP contribution in [0.25, 0.3) is 10.6 Å². The Bertz CT molecular complexity index is 625. The number of hydrogen-bond acceptors (Lipinski definition) is 5. The Morgan fingerprint density at radius 3 is 2.71 bits per heavy atom. The smallest absolute Gasteiger partial charge is 0.321 e. The third-order valence-electron chi connectivity index (χ3n) is 3.53. The highest BCUT2D eigenvalue weighted by atomic mass is 32.1. The van der Waals surface area contributed by atoms with Gasteiger partial charge in [-0.15, -0.1) is 10.2 Å². The second-order valence-corrected chi connectivity index (χ2v) is 6.14. The van der Waals surface area contributed by atoms with Gasteiger partial charge in [0.05, 0.1) is 5.60 Å². The average Bonchev–Trinajstić information content (AvgIpc) is 2.92. The average molecular weight is 304 g/mol. The van der Waals surface area contributed by atoms with Crippen molar-refractivity contribution in [3.05, 3.63) is 30.3 Å². The van der Waals surface area contributed by atoms with Gasteiger partial charge in [0.2, 0.25) is 5.13 Å². The van der Waals surface area contributed by atoms with Crippen molar-refractivity contribution in [3.8, 4) is 10.6 Å². The summed E-state index contributed by atoms with van der Waals surface area (Å²) in [5.74, 6) is 0. The predicted molar refractivity (Wildman–Crippen MR) is 81.2 cm³/mol. The molecule has 2 amide bonds. The molecule has 6 nitrogen and oxygen atoms in total. The van der Waals surface area contributed by atoms with Gasteiger partial charge in [-0.1, -0.05) is 41.7 Å². The molecule has 7 heteroatoms. The number of urea groups is 1. The maximum absolute atomic E-state index is 11.8. The molecule has 3 rings (SSSR count). The fourth-order valence-electron chi connectivity index (χ4n) is 2.12. The summed E-state index contributed by atoms with van der Waals surface area (Å²) in [6.45, 7) is 0.267. The molecule has 0 atom stereocenters. The van der Waals surface area contributed by atoms with Gasteiger partial charge in [0.1, 0.15) is 5.01 Å². The summed E-state index contributed by atoms with van der Waals surface area (Å²) >= 11 is 1.31. The lowest BCUT2D eigenvalue weighted by Gasteiger charge is -2.36. The minimum atomic E-state index is -0.729. The minimum Gasteiger partial charge on any atom is -0.388 e. The van der Waals surface area contributed by atoms with Crippen LogP contribution in [-0.4, -0.2) is 33.5 Å². The molecule has 0 unspecified atom stereocenters. The molecule has 1 fully saturated rings. The summed E-state index contributed by atoms with van der Waals surface area (Å²) in [5, 5.41) is 24.4. The summed E-state index contributed by atoms with van der Waals surface area (Å²) in [5.41, 5.74) is 0.237. The van der Waals surface area contributed by atoms with E-state index in [1.165, 1.54) is 11.3 Å². The fourth-order valence-corrected chi connectivity index (χ4v) is 2.86. The van der Waals surface area contributed by atoms with E-state index in [-0.39, 0.29) is 12.6 Å². The summed E-state index contributed by atoms with van der Waals surface area (Å²) in [7, 11) is 0. The Morgan fingerprint density at radius 2 is 2.05 bits per heavy atom. The lowest BCUT2D eigenvalue weighted by atomic mass is 9.80. The fraction of sp³-hybridized carbons (Fsp3) is 0.357. The number of anilines is 1. The number of nitrogens with zero attached hydrogens (tertiary/aromatic N) is 2. The van der Waals surface area contributed by atoms with Crippen LogP contribution in [0.15, 0.2) is 30.3 Å². The SMILES string of the molecule is O=C(NCC1(O)CCC1)Nc1nnc(-c2ccccc2)s1. The summed E-state index contributed by atoms with van der Waals surface area (Å²) in [6.07, 6.45) is 2.49. The molecular weight excluding hydrogens is 288 g/mol. The molecule has 0 bridgehead atoms. The van der Waals surface area contributed by atoms with E-state index in [2.05, 4.69) is 20.8 Å². The van der Waals surface area contributed by atoms with Crippen LogP contribution >= 0.6 is 11.3 Å². The molecule has 0 radical (unpaired) electrons. The standard InChI is InChI=1S/C14H16N4O2S/c19-12(15-9-14(20)7-4-8-14)16-13-18-17-11(21-13)10-5-2-1-3-6-10/h1-3,5-6,20H,4,7-9H2,(H2,15,16,18,19).